The standard InChI is InChI=1S/C14H19ClO8S/c1-6(16)21-10-5-9(13(19)20-4)14(15,24)12(23-8(3)18)11(10)22-7(2)17/h9-12,24H,5H2,1-4H3/t9-,10-,11+,12+,14-/m1/s1. The summed E-state index contributed by atoms with van der Waals surface area (Å²) in [5.41, 5.74) is 0. The second-order valence-electron chi connectivity index (χ2n) is 5.29. The number of hydrogen-bond donors (Lipinski definition) is 1. The summed E-state index contributed by atoms with van der Waals surface area (Å²) < 4.78 is 18.4. The first-order chi connectivity index (χ1) is 11.0. The van der Waals surface area contributed by atoms with E-state index >= 15 is 0 Å². The highest BCUT2D eigenvalue weighted by molar-refractivity contribution is 7.83. The molecule has 1 fully saturated rings. The van der Waals surface area contributed by atoms with Crippen molar-refractivity contribution in [2.24, 2.45) is 5.92 Å². The van der Waals surface area contributed by atoms with Crippen molar-refractivity contribution in [3.05, 3.63) is 0 Å². The van der Waals surface area contributed by atoms with E-state index in [9.17, 15) is 19.2 Å². The average molecular weight is 383 g/mol. The van der Waals surface area contributed by atoms with Gasteiger partial charge >= 0.3 is 23.9 Å². The third-order valence-corrected chi connectivity index (χ3v) is 4.46. The quantitative estimate of drug-likeness (QED) is 0.330. The van der Waals surface area contributed by atoms with E-state index < -0.39 is 52.3 Å². The molecular weight excluding hydrogens is 364 g/mol. The number of ether oxygens (including phenoxy) is 4. The van der Waals surface area contributed by atoms with E-state index in [1.807, 2.05) is 0 Å². The van der Waals surface area contributed by atoms with E-state index in [1.54, 1.807) is 0 Å². The minimum absolute atomic E-state index is 0.116. The molecule has 1 aliphatic carbocycles. The van der Waals surface area contributed by atoms with Crippen LogP contribution in [0.4, 0.5) is 0 Å². The maximum atomic E-state index is 12.0. The Morgan fingerprint density at radius 3 is 1.92 bits per heavy atom. The summed E-state index contributed by atoms with van der Waals surface area (Å²) >= 11 is 10.6. The second-order valence-corrected chi connectivity index (χ2v) is 6.92. The van der Waals surface area contributed by atoms with Gasteiger partial charge in [0.05, 0.1) is 13.0 Å². The van der Waals surface area contributed by atoms with Gasteiger partial charge in [-0.1, -0.05) is 0 Å². The summed E-state index contributed by atoms with van der Waals surface area (Å²) in [7, 11) is 1.16. The lowest BCUT2D eigenvalue weighted by Crippen LogP contribution is -2.62. The van der Waals surface area contributed by atoms with Gasteiger partial charge in [-0.3, -0.25) is 19.2 Å². The van der Waals surface area contributed by atoms with Gasteiger partial charge in [-0.15, -0.1) is 11.6 Å². The summed E-state index contributed by atoms with van der Waals surface area (Å²) in [4.78, 5) is 46.2. The first-order valence-electron chi connectivity index (χ1n) is 7.01. The minimum atomic E-state index is -1.73. The van der Waals surface area contributed by atoms with Crippen LogP contribution in [-0.4, -0.2) is 53.5 Å². The highest BCUT2D eigenvalue weighted by Gasteiger charge is 2.60. The molecule has 1 saturated carbocycles. The number of carbonyl (C=O) groups is 4. The summed E-state index contributed by atoms with van der Waals surface area (Å²) in [5.74, 6) is -3.90. The van der Waals surface area contributed by atoms with E-state index in [0.29, 0.717) is 0 Å². The molecule has 1 aliphatic rings. The average Bonchev–Trinajstić information content (AvgIpc) is 2.43. The van der Waals surface area contributed by atoms with E-state index in [0.717, 1.165) is 27.9 Å². The molecule has 0 aromatic rings. The zero-order chi connectivity index (χ0) is 18.7. The number of hydrogen-bond acceptors (Lipinski definition) is 9. The van der Waals surface area contributed by atoms with Gasteiger partial charge in [0.2, 0.25) is 0 Å². The molecular formula is C14H19ClO8S. The topological polar surface area (TPSA) is 105 Å². The van der Waals surface area contributed by atoms with E-state index in [1.165, 1.54) is 0 Å². The van der Waals surface area contributed by atoms with Gasteiger partial charge in [-0.25, -0.2) is 0 Å². The van der Waals surface area contributed by atoms with Crippen molar-refractivity contribution >= 4 is 48.1 Å². The fourth-order valence-corrected chi connectivity index (χ4v) is 3.30. The number of esters is 4. The van der Waals surface area contributed by atoms with Crippen LogP contribution in [0.1, 0.15) is 27.2 Å². The maximum Gasteiger partial charge on any atom is 0.311 e. The Kier molecular flexibility index (Phi) is 6.91. The highest BCUT2D eigenvalue weighted by Crippen LogP contribution is 2.46. The highest BCUT2D eigenvalue weighted by atomic mass is 35.5. The molecule has 0 heterocycles. The van der Waals surface area contributed by atoms with Crippen LogP contribution in [0.25, 0.3) is 0 Å². The Morgan fingerprint density at radius 1 is 1.00 bits per heavy atom. The number of alkyl halides is 1. The van der Waals surface area contributed by atoms with Gasteiger partial charge in [0.25, 0.3) is 0 Å². The first kappa shape index (κ1) is 20.6. The van der Waals surface area contributed by atoms with E-state index in [-0.39, 0.29) is 6.42 Å². The summed E-state index contributed by atoms with van der Waals surface area (Å²) in [5, 5.41) is 0. The van der Waals surface area contributed by atoms with Crippen LogP contribution >= 0.6 is 24.2 Å². The predicted molar refractivity (Wildman–Crippen MR) is 84.4 cm³/mol. The molecule has 1 rings (SSSR count). The molecule has 0 aromatic carbocycles. The van der Waals surface area contributed by atoms with Crippen molar-refractivity contribution in [3.63, 3.8) is 0 Å². The van der Waals surface area contributed by atoms with Crippen molar-refractivity contribution in [2.75, 3.05) is 7.11 Å². The lowest BCUT2D eigenvalue weighted by Gasteiger charge is -2.46. The molecule has 0 spiro atoms. The Hall–Kier alpha value is -1.48. The summed E-state index contributed by atoms with van der Waals surface area (Å²) in [6.07, 6.45) is -3.73. The van der Waals surface area contributed by atoms with Gasteiger partial charge in [0.15, 0.2) is 12.2 Å². The Balaban J connectivity index is 3.32. The first-order valence-corrected chi connectivity index (χ1v) is 7.84. The third-order valence-electron chi connectivity index (χ3n) is 3.42. The van der Waals surface area contributed by atoms with Crippen LogP contribution < -0.4 is 0 Å². The molecule has 0 amide bonds. The van der Waals surface area contributed by atoms with Gasteiger partial charge in [-0.05, 0) is 0 Å². The number of rotatable bonds is 4. The summed E-state index contributed by atoms with van der Waals surface area (Å²) in [6, 6.07) is 0. The molecule has 0 aliphatic heterocycles. The van der Waals surface area contributed by atoms with Crippen LogP contribution in [0, 0.1) is 5.92 Å². The molecule has 10 heteroatoms. The molecule has 0 N–H and O–H groups in total. The molecule has 0 unspecified atom stereocenters. The van der Waals surface area contributed by atoms with Crippen molar-refractivity contribution in [2.45, 2.75) is 49.7 Å². The monoisotopic (exact) mass is 382 g/mol. The van der Waals surface area contributed by atoms with E-state index in [4.69, 9.17) is 25.8 Å². The predicted octanol–water partition coefficient (Wildman–Crippen LogP) is 0.839. The molecule has 136 valence electrons. The third kappa shape index (κ3) is 4.76. The van der Waals surface area contributed by atoms with Crippen molar-refractivity contribution < 1.29 is 38.1 Å². The number of halogens is 1. The Morgan fingerprint density at radius 2 is 1.50 bits per heavy atom. The van der Waals surface area contributed by atoms with Crippen molar-refractivity contribution in [1.82, 2.24) is 0 Å². The smallest absolute Gasteiger partial charge is 0.311 e. The normalized spacial score (nSPS) is 32.4. The number of thiol groups is 1. The van der Waals surface area contributed by atoms with Gasteiger partial charge < -0.3 is 18.9 Å². The van der Waals surface area contributed by atoms with Crippen molar-refractivity contribution in [3.8, 4) is 0 Å². The minimum Gasteiger partial charge on any atom is -0.469 e. The van der Waals surface area contributed by atoms with Gasteiger partial charge in [-0.2, -0.15) is 12.6 Å². The van der Waals surface area contributed by atoms with Crippen LogP contribution in [0.5, 0.6) is 0 Å². The van der Waals surface area contributed by atoms with Crippen molar-refractivity contribution in [1.29, 1.82) is 0 Å². The molecule has 0 bridgehead atoms. The molecule has 8 nitrogen and oxygen atoms in total. The molecule has 5 atom stereocenters. The lowest BCUT2D eigenvalue weighted by molar-refractivity contribution is -0.197. The van der Waals surface area contributed by atoms with E-state index in [2.05, 4.69) is 17.4 Å². The van der Waals surface area contributed by atoms with Crippen LogP contribution in [0.3, 0.4) is 0 Å². The SMILES string of the molecule is COC(=O)[C@H]1C[C@@H](OC(C)=O)[C@H](OC(C)=O)[C@H](OC(C)=O)[C@@]1(S)Cl. The zero-order valence-electron chi connectivity index (χ0n) is 13.6. The Bertz CT molecular complexity index is 535. The maximum absolute atomic E-state index is 12.0. The molecule has 0 radical (unpaired) electrons. The number of carbonyl (C=O) groups excluding carboxylic acids is 4. The fraction of sp³-hybridized carbons (Fsp3) is 0.714. The van der Waals surface area contributed by atoms with Crippen LogP contribution in [0.2, 0.25) is 0 Å². The van der Waals surface area contributed by atoms with Crippen LogP contribution in [-0.2, 0) is 38.1 Å². The van der Waals surface area contributed by atoms with Gasteiger partial charge in [0.1, 0.15) is 10.3 Å². The Labute approximate surface area is 149 Å². The number of methoxy groups -OCH3 is 1. The van der Waals surface area contributed by atoms with Crippen LogP contribution in [0.15, 0.2) is 0 Å². The zero-order valence-corrected chi connectivity index (χ0v) is 15.3. The van der Waals surface area contributed by atoms with Gasteiger partial charge in [0, 0.05) is 27.2 Å². The second kappa shape index (κ2) is 8.06. The molecule has 24 heavy (non-hydrogen) atoms. The summed E-state index contributed by atoms with van der Waals surface area (Å²) in [6.45, 7) is 3.41. The largest absolute Gasteiger partial charge is 0.469 e. The molecule has 0 aromatic heterocycles. The fourth-order valence-electron chi connectivity index (χ4n) is 2.55. The lowest BCUT2D eigenvalue weighted by atomic mass is 9.81. The molecule has 0 saturated heterocycles.